The first kappa shape index (κ1) is 18.2. The molecule has 20 heavy (non-hydrogen) atoms. The van der Waals surface area contributed by atoms with Crippen LogP contribution in [-0.4, -0.2) is 72.6 Å². The average molecular weight is 288 g/mol. The van der Waals surface area contributed by atoms with Gasteiger partial charge in [-0.2, -0.15) is 0 Å². The lowest BCUT2D eigenvalue weighted by Gasteiger charge is -2.24. The van der Waals surface area contributed by atoms with Crippen LogP contribution in [0.25, 0.3) is 0 Å². The number of carbonyl (C=O) groups is 3. The molecule has 0 aliphatic heterocycles. The van der Waals surface area contributed by atoms with Crippen LogP contribution in [0.4, 0.5) is 4.79 Å². The van der Waals surface area contributed by atoms with E-state index in [1.54, 1.807) is 6.92 Å². The number of nitrogens with one attached hydrogen (secondary N) is 1. The van der Waals surface area contributed by atoms with Gasteiger partial charge in [0, 0.05) is 13.1 Å². The standard InChI is InChI=1S/C12H24N4O4/c1-4-16(7-5-6-15(2)3)12(20)14-9(11(18)19)8-10(13)17/h9H,4-8H2,1-3H3,(H2,13,17)(H,14,20)(H,18,19). The van der Waals surface area contributed by atoms with Crippen LogP contribution in [0.1, 0.15) is 19.8 Å². The SMILES string of the molecule is CCN(CCCN(C)C)C(=O)NC(CC(N)=O)C(=O)O. The molecule has 0 heterocycles. The molecule has 0 aromatic rings. The molecule has 8 nitrogen and oxygen atoms in total. The summed E-state index contributed by atoms with van der Waals surface area (Å²) in [5, 5.41) is 11.2. The number of hydrogen-bond acceptors (Lipinski definition) is 4. The van der Waals surface area contributed by atoms with Crippen molar-refractivity contribution in [1.29, 1.82) is 0 Å². The molecule has 0 aromatic carbocycles. The summed E-state index contributed by atoms with van der Waals surface area (Å²) in [6.07, 6.45) is 0.359. The van der Waals surface area contributed by atoms with Crippen molar-refractivity contribution in [2.24, 2.45) is 5.73 Å². The predicted molar refractivity (Wildman–Crippen MR) is 74.2 cm³/mol. The molecule has 0 bridgehead atoms. The molecule has 0 aromatic heterocycles. The zero-order chi connectivity index (χ0) is 15.7. The second kappa shape index (κ2) is 9.13. The maximum absolute atomic E-state index is 11.9. The smallest absolute Gasteiger partial charge is 0.326 e. The summed E-state index contributed by atoms with van der Waals surface area (Å²) < 4.78 is 0. The molecule has 0 spiro atoms. The summed E-state index contributed by atoms with van der Waals surface area (Å²) >= 11 is 0. The molecule has 4 N–H and O–H groups in total. The highest BCUT2D eigenvalue weighted by Crippen LogP contribution is 1.98. The number of carbonyl (C=O) groups excluding carboxylic acids is 2. The van der Waals surface area contributed by atoms with Crippen molar-refractivity contribution in [3.63, 3.8) is 0 Å². The first-order valence-electron chi connectivity index (χ1n) is 6.49. The van der Waals surface area contributed by atoms with Crippen LogP contribution < -0.4 is 11.1 Å². The average Bonchev–Trinajstić information content (AvgIpc) is 2.32. The van der Waals surface area contributed by atoms with Crippen LogP contribution in [-0.2, 0) is 9.59 Å². The maximum atomic E-state index is 11.9. The highest BCUT2D eigenvalue weighted by molar-refractivity contribution is 5.87. The fourth-order valence-electron chi connectivity index (χ4n) is 1.62. The Balaban J connectivity index is 4.43. The van der Waals surface area contributed by atoms with Crippen molar-refractivity contribution in [2.45, 2.75) is 25.8 Å². The molecule has 0 rings (SSSR count). The minimum Gasteiger partial charge on any atom is -0.480 e. The van der Waals surface area contributed by atoms with Gasteiger partial charge in [0.2, 0.25) is 5.91 Å². The van der Waals surface area contributed by atoms with Crippen LogP contribution in [0.15, 0.2) is 0 Å². The monoisotopic (exact) mass is 288 g/mol. The summed E-state index contributed by atoms with van der Waals surface area (Å²) in [5.41, 5.74) is 4.96. The van der Waals surface area contributed by atoms with E-state index in [1.807, 2.05) is 19.0 Å². The summed E-state index contributed by atoms with van der Waals surface area (Å²) in [4.78, 5) is 37.1. The molecule has 0 saturated carbocycles. The molecule has 8 heteroatoms. The molecule has 0 saturated heterocycles. The van der Waals surface area contributed by atoms with Crippen molar-refractivity contribution in [2.75, 3.05) is 33.7 Å². The van der Waals surface area contributed by atoms with Gasteiger partial charge in [0.15, 0.2) is 0 Å². The van der Waals surface area contributed by atoms with E-state index in [-0.39, 0.29) is 0 Å². The first-order chi connectivity index (χ1) is 9.27. The fraction of sp³-hybridized carbons (Fsp3) is 0.750. The van der Waals surface area contributed by atoms with Crippen LogP contribution >= 0.6 is 0 Å². The molecule has 0 aliphatic rings. The number of rotatable bonds is 9. The molecule has 0 aliphatic carbocycles. The number of nitrogens with two attached hydrogens (primary N) is 1. The van der Waals surface area contributed by atoms with Gasteiger partial charge in [0.25, 0.3) is 0 Å². The Morgan fingerprint density at radius 3 is 2.25 bits per heavy atom. The molecule has 1 unspecified atom stereocenters. The highest BCUT2D eigenvalue weighted by Gasteiger charge is 2.24. The molecule has 1 atom stereocenters. The Kier molecular flexibility index (Phi) is 8.30. The lowest BCUT2D eigenvalue weighted by Crippen LogP contribution is -2.49. The number of aliphatic carboxylic acids is 1. The topological polar surface area (TPSA) is 116 Å². The number of hydrogen-bond donors (Lipinski definition) is 3. The zero-order valence-electron chi connectivity index (χ0n) is 12.3. The predicted octanol–water partition coefficient (Wildman–Crippen LogP) is -0.702. The summed E-state index contributed by atoms with van der Waals surface area (Å²) in [6, 6.07) is -1.79. The second-order valence-corrected chi connectivity index (χ2v) is 4.75. The highest BCUT2D eigenvalue weighted by atomic mass is 16.4. The van der Waals surface area contributed by atoms with Gasteiger partial charge in [-0.05, 0) is 34.0 Å². The molecular weight excluding hydrogens is 264 g/mol. The third-order valence-corrected chi connectivity index (χ3v) is 2.70. The van der Waals surface area contributed by atoms with Crippen molar-refractivity contribution < 1.29 is 19.5 Å². The van der Waals surface area contributed by atoms with Gasteiger partial charge in [-0.15, -0.1) is 0 Å². The summed E-state index contributed by atoms with van der Waals surface area (Å²) in [6.45, 7) is 3.61. The maximum Gasteiger partial charge on any atom is 0.326 e. The van der Waals surface area contributed by atoms with Gasteiger partial charge in [0.1, 0.15) is 6.04 Å². The summed E-state index contributed by atoms with van der Waals surface area (Å²) in [7, 11) is 3.87. The Hall–Kier alpha value is -1.83. The molecule has 116 valence electrons. The molecular formula is C12H24N4O4. The van der Waals surface area contributed by atoms with Gasteiger partial charge in [-0.25, -0.2) is 9.59 Å². The fourth-order valence-corrected chi connectivity index (χ4v) is 1.62. The van der Waals surface area contributed by atoms with Crippen molar-refractivity contribution in [3.05, 3.63) is 0 Å². The normalized spacial score (nSPS) is 12.0. The molecule has 0 radical (unpaired) electrons. The van der Waals surface area contributed by atoms with E-state index in [9.17, 15) is 14.4 Å². The Morgan fingerprint density at radius 2 is 1.85 bits per heavy atom. The van der Waals surface area contributed by atoms with Crippen LogP contribution in [0.3, 0.4) is 0 Å². The van der Waals surface area contributed by atoms with Crippen LogP contribution in [0.5, 0.6) is 0 Å². The van der Waals surface area contributed by atoms with Gasteiger partial charge in [-0.1, -0.05) is 0 Å². The summed E-state index contributed by atoms with van der Waals surface area (Å²) in [5.74, 6) is -2.05. The van der Waals surface area contributed by atoms with Gasteiger partial charge >= 0.3 is 12.0 Å². The quantitative estimate of drug-likeness (QED) is 0.519. The van der Waals surface area contributed by atoms with E-state index < -0.39 is 30.4 Å². The van der Waals surface area contributed by atoms with E-state index >= 15 is 0 Å². The lowest BCUT2D eigenvalue weighted by atomic mass is 10.2. The number of amides is 3. The minimum atomic E-state index is -1.29. The Morgan fingerprint density at radius 1 is 1.25 bits per heavy atom. The van der Waals surface area contributed by atoms with Gasteiger partial charge < -0.3 is 26.0 Å². The zero-order valence-corrected chi connectivity index (χ0v) is 12.3. The van der Waals surface area contributed by atoms with E-state index in [2.05, 4.69) is 5.32 Å². The Bertz CT molecular complexity index is 346. The van der Waals surface area contributed by atoms with Gasteiger partial charge in [0.05, 0.1) is 6.42 Å². The number of carboxylic acid groups (broad SMARTS) is 1. The second-order valence-electron chi connectivity index (χ2n) is 4.75. The number of primary amides is 1. The number of nitrogens with zero attached hydrogens (tertiary/aromatic N) is 2. The lowest BCUT2D eigenvalue weighted by molar-refractivity contribution is -0.140. The van der Waals surface area contributed by atoms with Crippen LogP contribution in [0, 0.1) is 0 Å². The third-order valence-electron chi connectivity index (χ3n) is 2.70. The first-order valence-corrected chi connectivity index (χ1v) is 6.49. The molecule has 0 fully saturated rings. The van der Waals surface area contributed by atoms with Crippen molar-refractivity contribution in [1.82, 2.24) is 15.1 Å². The van der Waals surface area contributed by atoms with Crippen molar-refractivity contribution in [3.8, 4) is 0 Å². The van der Waals surface area contributed by atoms with Crippen molar-refractivity contribution >= 4 is 17.9 Å². The van der Waals surface area contributed by atoms with Crippen LogP contribution in [0.2, 0.25) is 0 Å². The van der Waals surface area contributed by atoms with Gasteiger partial charge in [-0.3, -0.25) is 4.79 Å². The van der Waals surface area contributed by atoms with E-state index in [0.29, 0.717) is 13.1 Å². The number of carboxylic acids is 1. The van der Waals surface area contributed by atoms with E-state index in [4.69, 9.17) is 10.8 Å². The van der Waals surface area contributed by atoms with E-state index in [0.717, 1.165) is 13.0 Å². The largest absolute Gasteiger partial charge is 0.480 e. The number of urea groups is 1. The Labute approximate surface area is 118 Å². The minimum absolute atomic E-state index is 0.420. The van der Waals surface area contributed by atoms with E-state index in [1.165, 1.54) is 4.90 Å². The molecule has 3 amide bonds. The third kappa shape index (κ3) is 7.57.